The molecule has 1 atom stereocenters. The highest BCUT2D eigenvalue weighted by atomic mass is 15.2. The molecule has 5 nitrogen and oxygen atoms in total. The van der Waals surface area contributed by atoms with E-state index in [-0.39, 0.29) is 6.04 Å². The van der Waals surface area contributed by atoms with Gasteiger partial charge in [0.2, 0.25) is 0 Å². The van der Waals surface area contributed by atoms with E-state index < -0.39 is 0 Å². The van der Waals surface area contributed by atoms with Crippen LogP contribution in [0.15, 0.2) is 30.5 Å². The number of nitrogens with two attached hydrogens (primary N) is 1. The van der Waals surface area contributed by atoms with Crippen LogP contribution in [-0.4, -0.2) is 10.2 Å². The minimum absolute atomic E-state index is 0.0480. The van der Waals surface area contributed by atoms with Crippen LogP contribution < -0.4 is 21.5 Å². The Morgan fingerprint density at radius 1 is 1.32 bits per heavy atom. The molecule has 1 aromatic heterocycles. The van der Waals surface area contributed by atoms with E-state index in [4.69, 9.17) is 5.73 Å². The van der Waals surface area contributed by atoms with E-state index >= 15 is 0 Å². The number of nitriles is 1. The molecule has 0 spiro atoms. The lowest BCUT2D eigenvalue weighted by atomic mass is 9.98. The number of nitrogens with one attached hydrogen (secondary N) is 1. The van der Waals surface area contributed by atoms with E-state index in [1.807, 2.05) is 52.0 Å². The average molecular weight is 333 g/mol. The summed E-state index contributed by atoms with van der Waals surface area (Å²) in [5.74, 6) is 0.638. The lowest BCUT2D eigenvalue weighted by molar-refractivity contribution is 0.840. The summed E-state index contributed by atoms with van der Waals surface area (Å²) in [6, 6.07) is 7.89. The fourth-order valence-corrected chi connectivity index (χ4v) is 2.88. The summed E-state index contributed by atoms with van der Waals surface area (Å²) in [7, 11) is 0. The van der Waals surface area contributed by atoms with Gasteiger partial charge in [-0.15, -0.1) is 5.10 Å². The van der Waals surface area contributed by atoms with Crippen LogP contribution in [0.5, 0.6) is 0 Å². The molecule has 0 amide bonds. The lowest BCUT2D eigenvalue weighted by Crippen LogP contribution is -2.34. The van der Waals surface area contributed by atoms with E-state index in [0.29, 0.717) is 17.1 Å². The quantitative estimate of drug-likeness (QED) is 0.895. The van der Waals surface area contributed by atoms with E-state index in [0.717, 1.165) is 27.3 Å². The highest BCUT2D eigenvalue weighted by Crippen LogP contribution is 2.22. The second-order valence-corrected chi connectivity index (χ2v) is 5.97. The van der Waals surface area contributed by atoms with Crippen molar-refractivity contribution in [1.82, 2.24) is 10.2 Å². The molecule has 5 heteroatoms. The SMILES string of the molecule is C=C(N)/C=c1/c(N[C@H](C)c2cccc(C#N)c2C)nnc(C)/c1=C/C. The fourth-order valence-electron chi connectivity index (χ4n) is 2.88. The first-order valence-electron chi connectivity index (χ1n) is 8.11. The van der Waals surface area contributed by atoms with Crippen LogP contribution in [0.1, 0.15) is 42.3 Å². The van der Waals surface area contributed by atoms with Gasteiger partial charge in [0.25, 0.3) is 0 Å². The zero-order valence-corrected chi connectivity index (χ0v) is 15.1. The maximum Gasteiger partial charge on any atom is 0.157 e. The summed E-state index contributed by atoms with van der Waals surface area (Å²) in [5.41, 5.74) is 9.75. The smallest absolute Gasteiger partial charge is 0.157 e. The first-order chi connectivity index (χ1) is 11.9. The monoisotopic (exact) mass is 333 g/mol. The van der Waals surface area contributed by atoms with Gasteiger partial charge in [0.15, 0.2) is 5.82 Å². The molecule has 2 rings (SSSR count). The summed E-state index contributed by atoms with van der Waals surface area (Å²) >= 11 is 0. The molecule has 0 aliphatic carbocycles. The Kier molecular flexibility index (Phi) is 5.56. The predicted molar refractivity (Wildman–Crippen MR) is 102 cm³/mol. The highest BCUT2D eigenvalue weighted by Gasteiger charge is 2.13. The molecule has 25 heavy (non-hydrogen) atoms. The summed E-state index contributed by atoms with van der Waals surface area (Å²) in [4.78, 5) is 0. The molecule has 0 saturated carbocycles. The molecule has 128 valence electrons. The van der Waals surface area contributed by atoms with Gasteiger partial charge in [-0.25, -0.2) is 0 Å². The number of nitrogens with zero attached hydrogens (tertiary/aromatic N) is 3. The predicted octanol–water partition coefficient (Wildman–Crippen LogP) is 2.19. The van der Waals surface area contributed by atoms with Crippen LogP contribution in [0.3, 0.4) is 0 Å². The fraction of sp³-hybridized carbons (Fsp3) is 0.250. The molecule has 2 aromatic rings. The third kappa shape index (κ3) is 3.86. The highest BCUT2D eigenvalue weighted by molar-refractivity contribution is 5.54. The van der Waals surface area contributed by atoms with Gasteiger partial charge < -0.3 is 11.1 Å². The number of rotatable bonds is 4. The number of anilines is 1. The van der Waals surface area contributed by atoms with E-state index in [9.17, 15) is 5.26 Å². The minimum Gasteiger partial charge on any atom is -0.399 e. The number of hydrogen-bond acceptors (Lipinski definition) is 5. The third-order valence-corrected chi connectivity index (χ3v) is 4.17. The summed E-state index contributed by atoms with van der Waals surface area (Å²) in [5, 5.41) is 23.0. The molecular formula is C20H23N5. The number of aromatic nitrogens is 2. The first kappa shape index (κ1) is 18.2. The maximum absolute atomic E-state index is 9.23. The number of benzene rings is 1. The number of aryl methyl sites for hydroxylation is 1. The Hall–Kier alpha value is -3.13. The van der Waals surface area contributed by atoms with Gasteiger partial charge in [-0.2, -0.15) is 10.4 Å². The second-order valence-electron chi connectivity index (χ2n) is 5.97. The van der Waals surface area contributed by atoms with Gasteiger partial charge in [-0.3, -0.25) is 0 Å². The van der Waals surface area contributed by atoms with Crippen molar-refractivity contribution in [1.29, 1.82) is 5.26 Å². The van der Waals surface area contributed by atoms with Crippen molar-refractivity contribution < 1.29 is 0 Å². The largest absolute Gasteiger partial charge is 0.399 e. The first-order valence-corrected chi connectivity index (χ1v) is 8.11. The van der Waals surface area contributed by atoms with Crippen molar-refractivity contribution in [2.75, 3.05) is 5.32 Å². The van der Waals surface area contributed by atoms with Gasteiger partial charge >= 0.3 is 0 Å². The molecule has 3 N–H and O–H groups in total. The Labute approximate surface area is 148 Å². The minimum atomic E-state index is -0.0480. The van der Waals surface area contributed by atoms with Crippen LogP contribution in [0.2, 0.25) is 0 Å². The maximum atomic E-state index is 9.23. The standard InChI is InChI=1S/C20H23N5/c1-6-17-15(5)24-25-20(19(17)10-12(2)22)23-14(4)18-9-7-8-16(11-21)13(18)3/h6-10,14H,2,22H2,1,3-5H3,(H,23,25)/b17-6-,19-10+/t14-/m1/s1. The molecular weight excluding hydrogens is 310 g/mol. The van der Waals surface area contributed by atoms with Crippen molar-refractivity contribution in [3.8, 4) is 6.07 Å². The molecule has 1 aromatic carbocycles. The molecule has 0 saturated heterocycles. The Bertz CT molecular complexity index is 967. The van der Waals surface area contributed by atoms with E-state index in [1.54, 1.807) is 6.08 Å². The van der Waals surface area contributed by atoms with Crippen molar-refractivity contribution in [2.24, 2.45) is 5.73 Å². The van der Waals surface area contributed by atoms with Gasteiger partial charge in [0.05, 0.1) is 23.4 Å². The average Bonchev–Trinajstić information content (AvgIpc) is 2.57. The van der Waals surface area contributed by atoms with Gasteiger partial charge in [-0.05, 0) is 51.0 Å². The normalized spacial score (nSPS) is 13.4. The molecule has 0 bridgehead atoms. The topological polar surface area (TPSA) is 87.6 Å². The number of allylic oxidation sites excluding steroid dienone is 1. The van der Waals surface area contributed by atoms with Crippen LogP contribution in [-0.2, 0) is 0 Å². The van der Waals surface area contributed by atoms with Crippen molar-refractivity contribution in [3.05, 3.63) is 63.3 Å². The van der Waals surface area contributed by atoms with Crippen LogP contribution in [0.25, 0.3) is 12.2 Å². The zero-order valence-electron chi connectivity index (χ0n) is 15.1. The van der Waals surface area contributed by atoms with Crippen molar-refractivity contribution in [2.45, 2.75) is 33.7 Å². The van der Waals surface area contributed by atoms with Crippen LogP contribution in [0.4, 0.5) is 5.82 Å². The second kappa shape index (κ2) is 7.63. The Morgan fingerprint density at radius 2 is 2.04 bits per heavy atom. The Morgan fingerprint density at radius 3 is 2.64 bits per heavy atom. The molecule has 0 unspecified atom stereocenters. The summed E-state index contributed by atoms with van der Waals surface area (Å²) in [6.07, 6.45) is 3.78. The molecule has 0 radical (unpaired) electrons. The third-order valence-electron chi connectivity index (χ3n) is 4.17. The van der Waals surface area contributed by atoms with E-state index in [1.165, 1.54) is 0 Å². The van der Waals surface area contributed by atoms with Gasteiger partial charge in [-0.1, -0.05) is 24.8 Å². The molecule has 0 aliphatic rings. The van der Waals surface area contributed by atoms with E-state index in [2.05, 4.69) is 28.2 Å². The van der Waals surface area contributed by atoms with Crippen molar-refractivity contribution in [3.63, 3.8) is 0 Å². The number of hydrogen-bond donors (Lipinski definition) is 2. The van der Waals surface area contributed by atoms with Crippen LogP contribution >= 0.6 is 0 Å². The zero-order chi connectivity index (χ0) is 18.6. The van der Waals surface area contributed by atoms with Crippen LogP contribution in [0, 0.1) is 25.2 Å². The van der Waals surface area contributed by atoms with Crippen molar-refractivity contribution >= 4 is 18.0 Å². The molecule has 0 fully saturated rings. The van der Waals surface area contributed by atoms with Gasteiger partial charge in [0.1, 0.15) is 0 Å². The molecule has 0 aliphatic heterocycles. The summed E-state index contributed by atoms with van der Waals surface area (Å²) < 4.78 is 0. The summed E-state index contributed by atoms with van der Waals surface area (Å²) in [6.45, 7) is 11.6. The lowest BCUT2D eigenvalue weighted by Gasteiger charge is -2.18. The Balaban J connectivity index is 2.55. The van der Waals surface area contributed by atoms with Gasteiger partial charge in [0, 0.05) is 16.1 Å². The molecule has 1 heterocycles.